The zero-order chi connectivity index (χ0) is 22.2. The Morgan fingerprint density at radius 3 is 2.22 bits per heavy atom. The van der Waals surface area contributed by atoms with Crippen molar-refractivity contribution in [1.82, 2.24) is 0 Å². The van der Waals surface area contributed by atoms with Crippen LogP contribution in [0.5, 0.6) is 0 Å². The highest BCUT2D eigenvalue weighted by Gasteiger charge is 2.25. The van der Waals surface area contributed by atoms with E-state index in [9.17, 15) is 9.59 Å². The van der Waals surface area contributed by atoms with Gasteiger partial charge in [0.1, 0.15) is 16.1 Å². The molecule has 2 N–H and O–H groups in total. The maximum atomic E-state index is 13.1. The van der Waals surface area contributed by atoms with Crippen molar-refractivity contribution in [3.05, 3.63) is 93.5 Å². The predicted octanol–water partition coefficient (Wildman–Crippen LogP) is 7.46. The van der Waals surface area contributed by atoms with E-state index in [0.29, 0.717) is 31.6 Å². The van der Waals surface area contributed by atoms with E-state index in [1.807, 2.05) is 24.3 Å². The Kier molecular flexibility index (Phi) is 5.35. The van der Waals surface area contributed by atoms with Crippen molar-refractivity contribution in [2.24, 2.45) is 0 Å². The normalized spacial score (nSPS) is 11.1. The molecule has 158 valence electrons. The van der Waals surface area contributed by atoms with Gasteiger partial charge >= 0.3 is 0 Å². The number of hydrogen-bond donors (Lipinski definition) is 2. The zero-order valence-electron chi connectivity index (χ0n) is 16.3. The van der Waals surface area contributed by atoms with E-state index in [4.69, 9.17) is 27.6 Å². The van der Waals surface area contributed by atoms with Crippen LogP contribution in [-0.2, 0) is 0 Å². The minimum atomic E-state index is -0.499. The second-order valence-corrected chi connectivity index (χ2v) is 8.83. The van der Waals surface area contributed by atoms with Crippen molar-refractivity contribution in [2.75, 3.05) is 10.6 Å². The summed E-state index contributed by atoms with van der Waals surface area (Å²) in [7, 11) is 0. The number of halogens is 2. The molecule has 0 aliphatic carbocycles. The molecule has 0 saturated carbocycles. The van der Waals surface area contributed by atoms with Gasteiger partial charge in [0.2, 0.25) is 5.76 Å². The van der Waals surface area contributed by atoms with E-state index in [0.717, 1.165) is 10.1 Å². The number of carbonyl (C=O) groups is 2. The Morgan fingerprint density at radius 2 is 1.47 bits per heavy atom. The van der Waals surface area contributed by atoms with Crippen LogP contribution >= 0.6 is 34.5 Å². The number of fused-ring (bicyclic) bond motifs is 2. The molecule has 2 heterocycles. The van der Waals surface area contributed by atoms with Crippen LogP contribution in [0.4, 0.5) is 11.4 Å². The molecule has 0 saturated heterocycles. The molecule has 0 spiro atoms. The quantitative estimate of drug-likeness (QED) is 0.280. The fraction of sp³-hybridized carbons (Fsp3) is 0. The van der Waals surface area contributed by atoms with Gasteiger partial charge in [-0.05, 0) is 42.5 Å². The molecule has 0 atom stereocenters. The van der Waals surface area contributed by atoms with Gasteiger partial charge in [-0.2, -0.15) is 0 Å². The van der Waals surface area contributed by atoms with E-state index in [1.165, 1.54) is 11.3 Å². The molecule has 0 aliphatic rings. The summed E-state index contributed by atoms with van der Waals surface area (Å²) in [5.41, 5.74) is 1.31. The van der Waals surface area contributed by atoms with Gasteiger partial charge in [0.15, 0.2) is 0 Å². The highest BCUT2D eigenvalue weighted by atomic mass is 35.5. The summed E-state index contributed by atoms with van der Waals surface area (Å²) in [6, 6.07) is 21.3. The van der Waals surface area contributed by atoms with E-state index in [2.05, 4.69) is 10.6 Å². The number of rotatable bonds is 4. The Labute approximate surface area is 196 Å². The Morgan fingerprint density at radius 1 is 0.781 bits per heavy atom. The Bertz CT molecular complexity index is 1490. The first-order valence-electron chi connectivity index (χ1n) is 9.58. The van der Waals surface area contributed by atoms with Gasteiger partial charge in [-0.1, -0.05) is 53.5 Å². The highest BCUT2D eigenvalue weighted by Crippen LogP contribution is 2.37. The topological polar surface area (TPSA) is 71.3 Å². The van der Waals surface area contributed by atoms with Crippen molar-refractivity contribution in [3.8, 4) is 0 Å². The number of para-hydroxylation sites is 1. The second-order valence-electron chi connectivity index (χ2n) is 6.96. The standard InChI is InChI=1S/C24H14Cl2N2O3S/c25-13-9-11-14(12-10-13)27-23(29)21-20(15-5-1-3-7-17(15)31-21)28-24(30)22-19(26)16-6-2-4-8-18(16)32-22/h1-12H,(H,27,29)(H,28,30). The van der Waals surface area contributed by atoms with E-state index < -0.39 is 11.8 Å². The summed E-state index contributed by atoms with van der Waals surface area (Å²) in [5, 5.41) is 7.96. The second kappa shape index (κ2) is 8.31. The van der Waals surface area contributed by atoms with Gasteiger partial charge < -0.3 is 15.1 Å². The summed E-state index contributed by atoms with van der Waals surface area (Å²) in [5.74, 6) is -0.920. The molecule has 0 unspecified atom stereocenters. The van der Waals surface area contributed by atoms with Crippen LogP contribution in [0.25, 0.3) is 21.1 Å². The lowest BCUT2D eigenvalue weighted by molar-refractivity contribution is 0.1000. The smallest absolute Gasteiger partial charge is 0.293 e. The van der Waals surface area contributed by atoms with Crippen LogP contribution in [0, 0.1) is 0 Å². The molecule has 8 heteroatoms. The Hall–Kier alpha value is -3.32. The molecule has 2 amide bonds. The summed E-state index contributed by atoms with van der Waals surface area (Å²) in [6.07, 6.45) is 0. The van der Waals surface area contributed by atoms with Crippen LogP contribution < -0.4 is 10.6 Å². The minimum absolute atomic E-state index is 0.00765. The lowest BCUT2D eigenvalue weighted by Gasteiger charge is -2.07. The van der Waals surface area contributed by atoms with Crippen molar-refractivity contribution in [1.29, 1.82) is 0 Å². The minimum Gasteiger partial charge on any atom is -0.449 e. The average Bonchev–Trinajstić information content (AvgIpc) is 3.34. The maximum Gasteiger partial charge on any atom is 0.293 e. The van der Waals surface area contributed by atoms with E-state index in [1.54, 1.807) is 48.5 Å². The van der Waals surface area contributed by atoms with Crippen LogP contribution in [0.1, 0.15) is 20.2 Å². The van der Waals surface area contributed by atoms with Gasteiger partial charge in [-0.25, -0.2) is 0 Å². The summed E-state index contributed by atoms with van der Waals surface area (Å²) >= 11 is 13.7. The van der Waals surface area contributed by atoms with Crippen molar-refractivity contribution in [2.45, 2.75) is 0 Å². The van der Waals surface area contributed by atoms with Crippen molar-refractivity contribution in [3.63, 3.8) is 0 Å². The van der Waals surface area contributed by atoms with E-state index >= 15 is 0 Å². The van der Waals surface area contributed by atoms with Crippen LogP contribution in [0.2, 0.25) is 10.0 Å². The fourth-order valence-electron chi connectivity index (χ4n) is 3.38. The first-order valence-corrected chi connectivity index (χ1v) is 11.2. The summed E-state index contributed by atoms with van der Waals surface area (Å²) in [6.45, 7) is 0. The fourth-order valence-corrected chi connectivity index (χ4v) is 4.92. The van der Waals surface area contributed by atoms with Gasteiger partial charge in [-0.3, -0.25) is 9.59 Å². The first kappa shape index (κ1) is 20.6. The monoisotopic (exact) mass is 480 g/mol. The molecule has 0 fully saturated rings. The van der Waals surface area contributed by atoms with Crippen LogP contribution in [0.15, 0.2) is 77.2 Å². The maximum absolute atomic E-state index is 13.1. The molecule has 5 rings (SSSR count). The number of thiophene rings is 1. The number of hydrogen-bond acceptors (Lipinski definition) is 4. The lowest BCUT2D eigenvalue weighted by Crippen LogP contribution is -2.16. The van der Waals surface area contributed by atoms with Gasteiger partial charge in [-0.15, -0.1) is 11.3 Å². The van der Waals surface area contributed by atoms with Gasteiger partial charge in [0, 0.05) is 26.2 Å². The van der Waals surface area contributed by atoms with E-state index in [-0.39, 0.29) is 11.4 Å². The largest absolute Gasteiger partial charge is 0.449 e. The highest BCUT2D eigenvalue weighted by molar-refractivity contribution is 7.21. The number of anilines is 2. The molecular weight excluding hydrogens is 467 g/mol. The third kappa shape index (κ3) is 3.73. The number of carbonyl (C=O) groups excluding carboxylic acids is 2. The van der Waals surface area contributed by atoms with Gasteiger partial charge in [0.25, 0.3) is 11.8 Å². The molecule has 5 nitrogen and oxygen atoms in total. The number of nitrogens with one attached hydrogen (secondary N) is 2. The average molecular weight is 481 g/mol. The number of benzene rings is 3. The SMILES string of the molecule is O=C(Nc1ccc(Cl)cc1)c1oc2ccccc2c1NC(=O)c1sc2ccccc2c1Cl. The number of furan rings is 1. The lowest BCUT2D eigenvalue weighted by atomic mass is 10.2. The summed E-state index contributed by atoms with van der Waals surface area (Å²) in [4.78, 5) is 26.5. The molecule has 5 aromatic rings. The molecule has 0 radical (unpaired) electrons. The molecule has 2 aromatic heterocycles. The van der Waals surface area contributed by atoms with Gasteiger partial charge in [0.05, 0.1) is 5.02 Å². The summed E-state index contributed by atoms with van der Waals surface area (Å²) < 4.78 is 6.70. The van der Waals surface area contributed by atoms with Crippen molar-refractivity contribution >= 4 is 78.8 Å². The number of amides is 2. The predicted molar refractivity (Wildman–Crippen MR) is 130 cm³/mol. The molecular formula is C24H14Cl2N2O3S. The molecule has 0 aliphatic heterocycles. The zero-order valence-corrected chi connectivity index (χ0v) is 18.6. The first-order chi connectivity index (χ1) is 15.5. The third-order valence-electron chi connectivity index (χ3n) is 4.88. The van der Waals surface area contributed by atoms with Crippen LogP contribution in [-0.4, -0.2) is 11.8 Å². The van der Waals surface area contributed by atoms with Crippen molar-refractivity contribution < 1.29 is 14.0 Å². The Balaban J connectivity index is 1.52. The molecule has 3 aromatic carbocycles. The van der Waals surface area contributed by atoms with Crippen LogP contribution in [0.3, 0.4) is 0 Å². The molecule has 32 heavy (non-hydrogen) atoms. The third-order valence-corrected chi connectivity index (χ3v) is 6.81. The molecule has 0 bridgehead atoms.